The van der Waals surface area contributed by atoms with E-state index in [0.29, 0.717) is 10.2 Å². The van der Waals surface area contributed by atoms with Crippen LogP contribution >= 0.6 is 31.9 Å². The summed E-state index contributed by atoms with van der Waals surface area (Å²) in [4.78, 5) is 12.4. The number of hydrogen-bond acceptors (Lipinski definition) is 4. The van der Waals surface area contributed by atoms with Gasteiger partial charge in [-0.3, -0.25) is 9.10 Å². The van der Waals surface area contributed by atoms with E-state index in [1.807, 2.05) is 44.2 Å². The number of benzene rings is 2. The second-order valence-electron chi connectivity index (χ2n) is 7.18. The first-order valence-corrected chi connectivity index (χ1v) is 13.0. The Kier molecular flexibility index (Phi) is 7.58. The van der Waals surface area contributed by atoms with Crippen LogP contribution in [0.5, 0.6) is 0 Å². The molecule has 0 fully saturated rings. The van der Waals surface area contributed by atoms with Crippen LogP contribution in [0.3, 0.4) is 0 Å². The summed E-state index contributed by atoms with van der Waals surface area (Å²) in [5.74, 6) is -0.549. The molecule has 3 rings (SSSR count). The maximum atomic E-state index is 12.4. The third-order valence-electron chi connectivity index (χ3n) is 4.71. The van der Waals surface area contributed by atoms with Gasteiger partial charge in [0.1, 0.15) is 6.54 Å². The van der Waals surface area contributed by atoms with Crippen molar-refractivity contribution in [3.05, 3.63) is 80.5 Å². The molecule has 0 aliphatic heterocycles. The Bertz CT molecular complexity index is 1290. The third kappa shape index (κ3) is 5.87. The zero-order chi connectivity index (χ0) is 23.5. The predicted molar refractivity (Wildman–Crippen MR) is 135 cm³/mol. The molecule has 3 aromatic rings. The van der Waals surface area contributed by atoms with E-state index in [0.717, 1.165) is 37.7 Å². The largest absolute Gasteiger partial charge is 0.318 e. The van der Waals surface area contributed by atoms with Crippen LogP contribution in [0.2, 0.25) is 0 Å². The first-order chi connectivity index (χ1) is 15.1. The number of nitrogens with zero attached hydrogens (tertiary/aromatic N) is 3. The molecule has 168 valence electrons. The van der Waals surface area contributed by atoms with E-state index < -0.39 is 15.9 Å². The van der Waals surface area contributed by atoms with Crippen molar-refractivity contribution in [2.45, 2.75) is 13.8 Å². The second kappa shape index (κ2) is 10.0. The van der Waals surface area contributed by atoms with Crippen LogP contribution in [0, 0.1) is 13.8 Å². The van der Waals surface area contributed by atoms with Gasteiger partial charge in [0, 0.05) is 31.6 Å². The molecular formula is C22H22Br2N4O3S. The normalized spacial score (nSPS) is 11.7. The fourth-order valence-electron chi connectivity index (χ4n) is 3.30. The minimum absolute atomic E-state index is 0.385. The highest BCUT2D eigenvalue weighted by Gasteiger charge is 2.21. The Balaban J connectivity index is 1.74. The highest BCUT2D eigenvalue weighted by Crippen LogP contribution is 2.23. The van der Waals surface area contributed by atoms with Crippen molar-refractivity contribution in [3.8, 4) is 5.69 Å². The van der Waals surface area contributed by atoms with E-state index in [1.54, 1.807) is 30.5 Å². The molecule has 1 heterocycles. The number of aromatic nitrogens is 1. The summed E-state index contributed by atoms with van der Waals surface area (Å²) in [6, 6.07) is 16.7. The van der Waals surface area contributed by atoms with Crippen molar-refractivity contribution >= 4 is 59.7 Å². The summed E-state index contributed by atoms with van der Waals surface area (Å²) < 4.78 is 29.2. The third-order valence-corrected chi connectivity index (χ3v) is 6.84. The van der Waals surface area contributed by atoms with E-state index in [1.165, 1.54) is 0 Å². The molecule has 0 spiro atoms. The Morgan fingerprint density at radius 2 is 1.75 bits per heavy atom. The standard InChI is InChI=1S/C22H22Br2N4O3S/c1-15-10-17(16(2)28(15)21-9-5-7-19(24)12-21)13-25-26-22(29)14-27(32(3,30)31)20-8-4-6-18(23)11-20/h4-13H,14H2,1-3H3,(H,26,29)/b25-13+. The van der Waals surface area contributed by atoms with Gasteiger partial charge in [0.25, 0.3) is 5.91 Å². The Hall–Kier alpha value is -2.43. The lowest BCUT2D eigenvalue weighted by atomic mass is 10.2. The van der Waals surface area contributed by atoms with Crippen molar-refractivity contribution in [3.63, 3.8) is 0 Å². The van der Waals surface area contributed by atoms with Crippen molar-refractivity contribution in [1.29, 1.82) is 0 Å². The van der Waals surface area contributed by atoms with Gasteiger partial charge in [-0.2, -0.15) is 5.10 Å². The fraction of sp³-hybridized carbons (Fsp3) is 0.182. The summed E-state index contributed by atoms with van der Waals surface area (Å²) >= 11 is 6.81. The first kappa shape index (κ1) is 24.2. The number of carbonyl (C=O) groups is 1. The molecule has 7 nitrogen and oxygen atoms in total. The average Bonchev–Trinajstić information content (AvgIpc) is 2.98. The van der Waals surface area contributed by atoms with Crippen LogP contribution in [-0.4, -0.2) is 37.9 Å². The number of carbonyl (C=O) groups excluding carboxylic acids is 1. The predicted octanol–water partition coefficient (Wildman–Crippen LogP) is 4.54. The van der Waals surface area contributed by atoms with Crippen LogP contribution in [0.15, 0.2) is 68.6 Å². The zero-order valence-electron chi connectivity index (χ0n) is 17.7. The van der Waals surface area contributed by atoms with E-state index in [-0.39, 0.29) is 6.54 Å². The van der Waals surface area contributed by atoms with Crippen molar-refractivity contribution < 1.29 is 13.2 Å². The quantitative estimate of drug-likeness (QED) is 0.328. The number of aryl methyl sites for hydroxylation is 1. The maximum Gasteiger partial charge on any atom is 0.260 e. The van der Waals surface area contributed by atoms with E-state index in [4.69, 9.17) is 0 Å². The molecule has 0 bridgehead atoms. The Morgan fingerprint density at radius 3 is 2.38 bits per heavy atom. The van der Waals surface area contributed by atoms with Crippen LogP contribution in [-0.2, 0) is 14.8 Å². The SMILES string of the molecule is Cc1cc(/C=N/NC(=O)CN(c2cccc(Br)c2)S(C)(=O)=O)c(C)n1-c1cccc(Br)c1. The van der Waals surface area contributed by atoms with Crippen LogP contribution in [0.25, 0.3) is 5.69 Å². The molecule has 10 heteroatoms. The fourth-order valence-corrected chi connectivity index (χ4v) is 4.92. The summed E-state index contributed by atoms with van der Waals surface area (Å²) in [5, 5.41) is 4.04. The number of nitrogens with one attached hydrogen (secondary N) is 1. The molecular weight excluding hydrogens is 560 g/mol. The monoisotopic (exact) mass is 580 g/mol. The van der Waals surface area contributed by atoms with Gasteiger partial charge in [-0.15, -0.1) is 0 Å². The van der Waals surface area contributed by atoms with Crippen LogP contribution in [0.4, 0.5) is 5.69 Å². The lowest BCUT2D eigenvalue weighted by molar-refractivity contribution is -0.119. The Morgan fingerprint density at radius 1 is 1.09 bits per heavy atom. The smallest absolute Gasteiger partial charge is 0.260 e. The molecule has 0 aliphatic carbocycles. The van der Waals surface area contributed by atoms with Crippen molar-refractivity contribution in [2.75, 3.05) is 17.1 Å². The molecule has 0 aliphatic rings. The number of anilines is 1. The highest BCUT2D eigenvalue weighted by atomic mass is 79.9. The van der Waals surface area contributed by atoms with Gasteiger partial charge >= 0.3 is 0 Å². The molecule has 0 atom stereocenters. The molecule has 0 saturated carbocycles. The van der Waals surface area contributed by atoms with E-state index in [9.17, 15) is 13.2 Å². The summed E-state index contributed by atoms with van der Waals surface area (Å²) in [6.45, 7) is 3.57. The summed E-state index contributed by atoms with van der Waals surface area (Å²) in [7, 11) is -3.66. The maximum absolute atomic E-state index is 12.4. The Labute approximate surface area is 204 Å². The van der Waals surface area contributed by atoms with Gasteiger partial charge in [-0.25, -0.2) is 13.8 Å². The number of sulfonamides is 1. The van der Waals surface area contributed by atoms with Gasteiger partial charge in [-0.1, -0.05) is 44.0 Å². The minimum Gasteiger partial charge on any atom is -0.318 e. The number of amides is 1. The lowest BCUT2D eigenvalue weighted by Crippen LogP contribution is -2.39. The highest BCUT2D eigenvalue weighted by molar-refractivity contribution is 9.10. The number of rotatable bonds is 7. The van der Waals surface area contributed by atoms with E-state index in [2.05, 4.69) is 47.0 Å². The molecule has 2 aromatic carbocycles. The molecule has 0 saturated heterocycles. The zero-order valence-corrected chi connectivity index (χ0v) is 21.7. The summed E-state index contributed by atoms with van der Waals surface area (Å²) in [6.07, 6.45) is 2.61. The number of hydrazone groups is 1. The molecule has 1 amide bonds. The topological polar surface area (TPSA) is 83.8 Å². The molecule has 0 unspecified atom stereocenters. The molecule has 1 N–H and O–H groups in total. The van der Waals surface area contributed by atoms with Crippen LogP contribution < -0.4 is 9.73 Å². The van der Waals surface area contributed by atoms with E-state index >= 15 is 0 Å². The minimum atomic E-state index is -3.66. The van der Waals surface area contributed by atoms with Crippen molar-refractivity contribution in [1.82, 2.24) is 9.99 Å². The first-order valence-electron chi connectivity index (χ1n) is 9.56. The molecule has 0 radical (unpaired) electrons. The average molecular weight is 582 g/mol. The van der Waals surface area contributed by atoms with Gasteiger partial charge < -0.3 is 4.57 Å². The molecule has 1 aromatic heterocycles. The van der Waals surface area contributed by atoms with Gasteiger partial charge in [-0.05, 0) is 56.3 Å². The second-order valence-corrected chi connectivity index (χ2v) is 10.9. The van der Waals surface area contributed by atoms with Gasteiger partial charge in [0.15, 0.2) is 0 Å². The van der Waals surface area contributed by atoms with Crippen molar-refractivity contribution in [2.24, 2.45) is 5.10 Å². The van der Waals surface area contributed by atoms with Crippen LogP contribution in [0.1, 0.15) is 17.0 Å². The summed E-state index contributed by atoms with van der Waals surface area (Å²) in [5.41, 5.74) is 6.64. The van der Waals surface area contributed by atoms with Gasteiger partial charge in [0.05, 0.1) is 18.2 Å². The number of halogens is 2. The molecule has 32 heavy (non-hydrogen) atoms. The van der Waals surface area contributed by atoms with Gasteiger partial charge in [0.2, 0.25) is 10.0 Å². The lowest BCUT2D eigenvalue weighted by Gasteiger charge is -2.21. The number of hydrogen-bond donors (Lipinski definition) is 1.